The first-order valence-electron chi connectivity index (χ1n) is 4.33. The van der Waals surface area contributed by atoms with Gasteiger partial charge in [0.05, 0.1) is 10.9 Å². The van der Waals surface area contributed by atoms with Crippen LogP contribution >= 0.6 is 15.9 Å². The van der Waals surface area contributed by atoms with Crippen LogP contribution in [-0.4, -0.2) is 33.3 Å². The highest BCUT2D eigenvalue weighted by atomic mass is 79.9. The zero-order valence-corrected chi connectivity index (χ0v) is 9.25. The Morgan fingerprint density at radius 2 is 2.38 bits per heavy atom. The summed E-state index contributed by atoms with van der Waals surface area (Å²) in [6.07, 6.45) is 1.93. The molecule has 1 heterocycles. The Bertz CT molecular complexity index is 230. The molecule has 0 aliphatic carbocycles. The average Bonchev–Trinajstić information content (AvgIpc) is 2.50. The molecule has 3 nitrogen and oxygen atoms in total. The first-order chi connectivity index (χ1) is 6.04. The summed E-state index contributed by atoms with van der Waals surface area (Å²) in [5, 5.41) is 9.20. The Labute approximate surface area is 86.5 Å². The van der Waals surface area contributed by atoms with Crippen LogP contribution in [0, 0.1) is 0 Å². The fourth-order valence-electron chi connectivity index (χ4n) is 1.71. The van der Waals surface area contributed by atoms with Gasteiger partial charge < -0.3 is 10.0 Å². The minimum Gasteiger partial charge on any atom is -0.512 e. The van der Waals surface area contributed by atoms with Crippen LogP contribution in [0.5, 0.6) is 0 Å². The summed E-state index contributed by atoms with van der Waals surface area (Å²) >= 11 is 3.33. The minimum atomic E-state index is -0.195. The third-order valence-electron chi connectivity index (χ3n) is 2.36. The van der Waals surface area contributed by atoms with Crippen LogP contribution in [-0.2, 0) is 4.79 Å². The molecule has 1 unspecified atom stereocenters. The normalized spacial score (nSPS) is 24.5. The van der Waals surface area contributed by atoms with Crippen molar-refractivity contribution in [3.8, 4) is 0 Å². The molecule has 1 aliphatic heterocycles. The molecule has 1 rings (SSSR count). The molecule has 13 heavy (non-hydrogen) atoms. The smallest absolute Gasteiger partial charge is 0.219 e. The molecule has 1 amide bonds. The maximum Gasteiger partial charge on any atom is 0.219 e. The van der Waals surface area contributed by atoms with Crippen molar-refractivity contribution in [1.29, 1.82) is 0 Å². The predicted octanol–water partition coefficient (Wildman–Crippen LogP) is 1.83. The number of alkyl halides is 1. The first-order valence-corrected chi connectivity index (χ1v) is 5.24. The number of halogens is 1. The molecule has 0 radical (unpaired) electrons. The Morgan fingerprint density at radius 3 is 2.85 bits per heavy atom. The lowest BCUT2D eigenvalue weighted by molar-refractivity contribution is -0.129. The first kappa shape index (κ1) is 10.6. The summed E-state index contributed by atoms with van der Waals surface area (Å²) in [6, 6.07) is 0.0648. The topological polar surface area (TPSA) is 40.5 Å². The molecular formula is C9H14BrNO2. The van der Waals surface area contributed by atoms with E-state index in [9.17, 15) is 9.90 Å². The lowest BCUT2D eigenvalue weighted by atomic mass is 10.1. The van der Waals surface area contributed by atoms with Crippen LogP contribution in [0.1, 0.15) is 19.8 Å². The fourth-order valence-corrected chi connectivity index (χ4v) is 2.26. The van der Waals surface area contributed by atoms with E-state index in [1.165, 1.54) is 0 Å². The van der Waals surface area contributed by atoms with E-state index in [4.69, 9.17) is 0 Å². The molecule has 0 saturated carbocycles. The summed E-state index contributed by atoms with van der Waals surface area (Å²) in [4.78, 5) is 12.8. The second kappa shape index (κ2) is 4.13. The quantitative estimate of drug-likeness (QED) is 0.598. The van der Waals surface area contributed by atoms with Crippen molar-refractivity contribution in [3.63, 3.8) is 0 Å². The van der Waals surface area contributed by atoms with Crippen LogP contribution in [0.2, 0.25) is 0 Å². The van der Waals surface area contributed by atoms with Gasteiger partial charge >= 0.3 is 0 Å². The van der Waals surface area contributed by atoms with Gasteiger partial charge in [0.1, 0.15) is 5.76 Å². The van der Waals surface area contributed by atoms with Crippen LogP contribution in [0.15, 0.2) is 12.3 Å². The van der Waals surface area contributed by atoms with E-state index in [-0.39, 0.29) is 22.5 Å². The van der Waals surface area contributed by atoms with Gasteiger partial charge in [-0.2, -0.15) is 0 Å². The zero-order valence-electron chi connectivity index (χ0n) is 7.66. The lowest BCUT2D eigenvalue weighted by Crippen LogP contribution is -2.39. The number of hydrogen-bond acceptors (Lipinski definition) is 2. The standard InChI is InChI=1S/C9H14BrNO2/c1-6(12)9(10)8-4-3-5-11(8)7(2)13/h8-9,12H,1,3-5H2,2H3/t8-,9?/m1/s1. The van der Waals surface area contributed by atoms with Crippen LogP contribution in [0.3, 0.4) is 0 Å². The largest absolute Gasteiger partial charge is 0.512 e. The molecule has 2 atom stereocenters. The van der Waals surface area contributed by atoms with Gasteiger partial charge in [0.15, 0.2) is 0 Å². The van der Waals surface area contributed by atoms with E-state index in [0.717, 1.165) is 19.4 Å². The molecule has 1 aliphatic rings. The molecule has 0 aromatic heterocycles. The van der Waals surface area contributed by atoms with Crippen molar-refractivity contribution in [2.75, 3.05) is 6.54 Å². The molecule has 0 bridgehead atoms. The van der Waals surface area contributed by atoms with Crippen LogP contribution in [0.4, 0.5) is 0 Å². The van der Waals surface area contributed by atoms with E-state index in [1.54, 1.807) is 11.8 Å². The molecule has 1 saturated heterocycles. The van der Waals surface area contributed by atoms with E-state index in [1.807, 2.05) is 0 Å². The number of carbonyl (C=O) groups is 1. The number of likely N-dealkylation sites (tertiary alicyclic amines) is 1. The maximum absolute atomic E-state index is 11.2. The number of hydrogen-bond donors (Lipinski definition) is 1. The average molecular weight is 248 g/mol. The van der Waals surface area contributed by atoms with E-state index in [2.05, 4.69) is 22.5 Å². The third-order valence-corrected chi connectivity index (χ3v) is 3.50. The molecule has 4 heteroatoms. The van der Waals surface area contributed by atoms with Gasteiger partial charge in [-0.25, -0.2) is 0 Å². The van der Waals surface area contributed by atoms with Gasteiger partial charge in [0.2, 0.25) is 5.91 Å². The summed E-state index contributed by atoms with van der Waals surface area (Å²) in [5.41, 5.74) is 0. The van der Waals surface area contributed by atoms with Crippen molar-refractivity contribution in [2.24, 2.45) is 0 Å². The Hall–Kier alpha value is -0.510. The highest BCUT2D eigenvalue weighted by Crippen LogP contribution is 2.27. The van der Waals surface area contributed by atoms with Gasteiger partial charge in [-0.3, -0.25) is 4.79 Å². The van der Waals surface area contributed by atoms with Crippen molar-refractivity contribution >= 4 is 21.8 Å². The minimum absolute atomic E-state index is 0.0631. The molecule has 1 N–H and O–H groups in total. The number of rotatable bonds is 2. The van der Waals surface area contributed by atoms with Gasteiger partial charge in [-0.15, -0.1) is 0 Å². The Morgan fingerprint density at radius 1 is 1.77 bits per heavy atom. The van der Waals surface area contributed by atoms with Gasteiger partial charge in [0.25, 0.3) is 0 Å². The number of carbonyl (C=O) groups excluding carboxylic acids is 1. The summed E-state index contributed by atoms with van der Waals surface area (Å²) in [7, 11) is 0. The molecular weight excluding hydrogens is 234 g/mol. The Kier molecular flexibility index (Phi) is 3.36. The van der Waals surface area contributed by atoms with E-state index < -0.39 is 0 Å². The van der Waals surface area contributed by atoms with Crippen LogP contribution < -0.4 is 0 Å². The van der Waals surface area contributed by atoms with E-state index >= 15 is 0 Å². The molecule has 0 aromatic carbocycles. The van der Waals surface area contributed by atoms with Crippen molar-refractivity contribution in [2.45, 2.75) is 30.6 Å². The second-order valence-electron chi connectivity index (χ2n) is 3.32. The summed E-state index contributed by atoms with van der Waals surface area (Å²) in [6.45, 7) is 5.80. The van der Waals surface area contributed by atoms with Gasteiger partial charge in [-0.1, -0.05) is 22.5 Å². The highest BCUT2D eigenvalue weighted by Gasteiger charge is 2.33. The fraction of sp³-hybridized carbons (Fsp3) is 0.667. The monoisotopic (exact) mass is 247 g/mol. The zero-order chi connectivity index (χ0) is 10.0. The van der Waals surface area contributed by atoms with Crippen molar-refractivity contribution in [3.05, 3.63) is 12.3 Å². The third kappa shape index (κ3) is 2.24. The molecule has 0 spiro atoms. The molecule has 1 fully saturated rings. The maximum atomic E-state index is 11.2. The number of amides is 1. The van der Waals surface area contributed by atoms with Gasteiger partial charge in [-0.05, 0) is 12.8 Å². The summed E-state index contributed by atoms with van der Waals surface area (Å²) < 4.78 is 0. The highest BCUT2D eigenvalue weighted by molar-refractivity contribution is 9.09. The lowest BCUT2D eigenvalue weighted by Gasteiger charge is -2.26. The summed E-state index contributed by atoms with van der Waals surface area (Å²) in [5.74, 6) is 0.159. The van der Waals surface area contributed by atoms with Crippen molar-refractivity contribution in [1.82, 2.24) is 4.90 Å². The number of nitrogens with zero attached hydrogens (tertiary/aromatic N) is 1. The second-order valence-corrected chi connectivity index (χ2v) is 4.30. The van der Waals surface area contributed by atoms with E-state index in [0.29, 0.717) is 0 Å². The number of aliphatic hydroxyl groups is 1. The molecule has 0 aromatic rings. The number of aliphatic hydroxyl groups excluding tert-OH is 1. The molecule has 74 valence electrons. The predicted molar refractivity (Wildman–Crippen MR) is 54.9 cm³/mol. The van der Waals surface area contributed by atoms with Crippen molar-refractivity contribution < 1.29 is 9.90 Å². The SMILES string of the molecule is C=C(O)C(Br)[C@H]1CCCN1C(C)=O. The van der Waals surface area contributed by atoms with Gasteiger partial charge in [0, 0.05) is 13.5 Å². The Balaban J connectivity index is 2.68. The van der Waals surface area contributed by atoms with Crippen LogP contribution in [0.25, 0.3) is 0 Å².